The average molecular weight is 347 g/mol. The standard InChI is InChI=1S/C20H17N3O3/c1-26-18(24)11-15-13-22-17-10-6-5-9-16(17)21-20(22)23(19(15)25)12-14-7-3-2-4-8-14/h2-11H,12-13H2,1H3/b15-11-. The molecule has 2 heterocycles. The van der Waals surface area contributed by atoms with Gasteiger partial charge in [0, 0.05) is 11.6 Å². The molecule has 1 aliphatic rings. The van der Waals surface area contributed by atoms with Gasteiger partial charge in [0.25, 0.3) is 5.91 Å². The quantitative estimate of drug-likeness (QED) is 0.540. The number of hydrogen-bond acceptors (Lipinski definition) is 4. The Bertz CT molecular complexity index is 1020. The molecule has 0 bridgehead atoms. The van der Waals surface area contributed by atoms with E-state index in [1.54, 1.807) is 4.90 Å². The van der Waals surface area contributed by atoms with Gasteiger partial charge < -0.3 is 9.30 Å². The van der Waals surface area contributed by atoms with E-state index >= 15 is 0 Å². The van der Waals surface area contributed by atoms with Gasteiger partial charge in [0.15, 0.2) is 0 Å². The lowest BCUT2D eigenvalue weighted by Gasteiger charge is -2.29. The molecule has 0 aliphatic carbocycles. The molecule has 26 heavy (non-hydrogen) atoms. The molecule has 4 rings (SSSR count). The van der Waals surface area contributed by atoms with E-state index in [1.807, 2.05) is 59.2 Å². The third-order valence-electron chi connectivity index (χ3n) is 4.40. The predicted molar refractivity (Wildman–Crippen MR) is 97.5 cm³/mol. The van der Waals surface area contributed by atoms with Crippen molar-refractivity contribution in [1.82, 2.24) is 9.55 Å². The fraction of sp³-hybridized carbons (Fsp3) is 0.150. The minimum absolute atomic E-state index is 0.234. The molecular weight excluding hydrogens is 330 g/mol. The number of methoxy groups -OCH3 is 1. The highest BCUT2D eigenvalue weighted by molar-refractivity contribution is 6.09. The van der Waals surface area contributed by atoms with Crippen LogP contribution in [-0.2, 0) is 27.4 Å². The van der Waals surface area contributed by atoms with Crippen LogP contribution >= 0.6 is 0 Å². The number of amides is 1. The fourth-order valence-electron chi connectivity index (χ4n) is 3.14. The van der Waals surface area contributed by atoms with Crippen LogP contribution < -0.4 is 4.90 Å². The second-order valence-corrected chi connectivity index (χ2v) is 6.06. The van der Waals surface area contributed by atoms with E-state index in [0.717, 1.165) is 16.6 Å². The van der Waals surface area contributed by atoms with E-state index in [2.05, 4.69) is 4.98 Å². The number of nitrogens with zero attached hydrogens (tertiary/aromatic N) is 3. The molecule has 6 heteroatoms. The van der Waals surface area contributed by atoms with E-state index in [9.17, 15) is 9.59 Å². The SMILES string of the molecule is COC(=O)/C=C1/Cn2c(nc3ccccc32)N(Cc2ccccc2)C1=O. The first-order valence-corrected chi connectivity index (χ1v) is 8.27. The number of benzene rings is 2. The summed E-state index contributed by atoms with van der Waals surface area (Å²) in [7, 11) is 1.30. The molecule has 0 saturated heterocycles. The molecule has 130 valence electrons. The Hall–Kier alpha value is -3.41. The van der Waals surface area contributed by atoms with Crippen LogP contribution in [0.3, 0.4) is 0 Å². The van der Waals surface area contributed by atoms with Crippen LogP contribution in [0.5, 0.6) is 0 Å². The van der Waals surface area contributed by atoms with E-state index < -0.39 is 5.97 Å². The molecule has 6 nitrogen and oxygen atoms in total. The first kappa shape index (κ1) is 16.1. The summed E-state index contributed by atoms with van der Waals surface area (Å²) < 4.78 is 6.65. The molecule has 1 aliphatic heterocycles. The number of esters is 1. The summed E-state index contributed by atoms with van der Waals surface area (Å²) in [5.41, 5.74) is 3.10. The Morgan fingerprint density at radius 2 is 1.88 bits per heavy atom. The van der Waals surface area contributed by atoms with Crippen LogP contribution in [0.25, 0.3) is 11.0 Å². The van der Waals surface area contributed by atoms with Crippen LogP contribution in [0, 0.1) is 0 Å². The van der Waals surface area contributed by atoms with Crippen LogP contribution in [0.2, 0.25) is 0 Å². The lowest BCUT2D eigenvalue weighted by Crippen LogP contribution is -2.39. The summed E-state index contributed by atoms with van der Waals surface area (Å²) in [4.78, 5) is 31.0. The van der Waals surface area contributed by atoms with Crippen LogP contribution in [0.4, 0.5) is 5.95 Å². The van der Waals surface area contributed by atoms with Crippen molar-refractivity contribution in [3.8, 4) is 0 Å². The topological polar surface area (TPSA) is 64.4 Å². The summed E-state index contributed by atoms with van der Waals surface area (Å²) in [6.45, 7) is 0.663. The summed E-state index contributed by atoms with van der Waals surface area (Å²) in [6, 6.07) is 17.4. The smallest absolute Gasteiger partial charge is 0.331 e. The second kappa shape index (κ2) is 6.48. The van der Waals surface area contributed by atoms with Gasteiger partial charge in [-0.25, -0.2) is 9.78 Å². The Morgan fingerprint density at radius 3 is 2.65 bits per heavy atom. The molecule has 0 fully saturated rings. The maximum Gasteiger partial charge on any atom is 0.331 e. The third-order valence-corrected chi connectivity index (χ3v) is 4.40. The van der Waals surface area contributed by atoms with Crippen molar-refractivity contribution in [2.75, 3.05) is 12.0 Å². The molecular formula is C20H17N3O3. The van der Waals surface area contributed by atoms with Crippen LogP contribution in [0.15, 0.2) is 66.2 Å². The highest BCUT2D eigenvalue weighted by Crippen LogP contribution is 2.30. The number of hydrogen-bond donors (Lipinski definition) is 0. The largest absolute Gasteiger partial charge is 0.466 e. The van der Waals surface area contributed by atoms with Gasteiger partial charge in [-0.1, -0.05) is 42.5 Å². The van der Waals surface area contributed by atoms with Gasteiger partial charge in [0.1, 0.15) is 0 Å². The van der Waals surface area contributed by atoms with Crippen molar-refractivity contribution >= 4 is 28.9 Å². The van der Waals surface area contributed by atoms with Gasteiger partial charge >= 0.3 is 5.97 Å². The predicted octanol–water partition coefficient (Wildman–Crippen LogP) is 2.68. The van der Waals surface area contributed by atoms with Crippen molar-refractivity contribution in [2.24, 2.45) is 0 Å². The third kappa shape index (κ3) is 2.75. The van der Waals surface area contributed by atoms with E-state index in [-0.39, 0.29) is 12.5 Å². The van der Waals surface area contributed by atoms with Gasteiger partial charge in [-0.3, -0.25) is 9.69 Å². The number of ether oxygens (including phenoxy) is 1. The number of rotatable bonds is 3. The van der Waals surface area contributed by atoms with Gasteiger partial charge in [0.05, 0.1) is 31.2 Å². The Balaban J connectivity index is 1.84. The Kier molecular flexibility index (Phi) is 4.01. The monoisotopic (exact) mass is 347 g/mol. The van der Waals surface area contributed by atoms with Crippen LogP contribution in [0.1, 0.15) is 5.56 Å². The zero-order valence-corrected chi connectivity index (χ0v) is 14.3. The highest BCUT2D eigenvalue weighted by Gasteiger charge is 2.31. The lowest BCUT2D eigenvalue weighted by molar-refractivity contribution is -0.135. The van der Waals surface area contributed by atoms with Crippen molar-refractivity contribution < 1.29 is 14.3 Å². The van der Waals surface area contributed by atoms with Gasteiger partial charge in [-0.15, -0.1) is 0 Å². The summed E-state index contributed by atoms with van der Waals surface area (Å²) in [6.07, 6.45) is 1.26. The first-order valence-electron chi connectivity index (χ1n) is 8.27. The first-order chi connectivity index (χ1) is 12.7. The van der Waals surface area contributed by atoms with Crippen molar-refractivity contribution in [2.45, 2.75) is 13.1 Å². The zero-order valence-electron chi connectivity index (χ0n) is 14.3. The summed E-state index contributed by atoms with van der Waals surface area (Å²) >= 11 is 0. The van der Waals surface area contributed by atoms with Crippen LogP contribution in [-0.4, -0.2) is 28.5 Å². The number of aromatic nitrogens is 2. The van der Waals surface area contributed by atoms with E-state index in [4.69, 9.17) is 4.74 Å². The normalized spacial score (nSPS) is 15.3. The van der Waals surface area contributed by atoms with Gasteiger partial charge in [-0.2, -0.15) is 0 Å². The Morgan fingerprint density at radius 1 is 1.15 bits per heavy atom. The fourth-order valence-corrected chi connectivity index (χ4v) is 3.14. The minimum atomic E-state index is -0.541. The number of fused-ring (bicyclic) bond motifs is 3. The molecule has 2 aromatic carbocycles. The van der Waals surface area contributed by atoms with E-state index in [0.29, 0.717) is 18.1 Å². The summed E-state index contributed by atoms with van der Waals surface area (Å²) in [5.74, 6) is -0.190. The number of carbonyl (C=O) groups is 2. The molecule has 0 unspecified atom stereocenters. The molecule has 0 saturated carbocycles. The summed E-state index contributed by atoms with van der Waals surface area (Å²) in [5, 5.41) is 0. The number of carbonyl (C=O) groups excluding carboxylic acids is 2. The van der Waals surface area contributed by atoms with Gasteiger partial charge in [0.2, 0.25) is 5.95 Å². The molecule has 0 atom stereocenters. The number of imidazole rings is 1. The number of anilines is 1. The second-order valence-electron chi connectivity index (χ2n) is 6.06. The lowest BCUT2D eigenvalue weighted by atomic mass is 10.1. The minimum Gasteiger partial charge on any atom is -0.466 e. The van der Waals surface area contributed by atoms with Crippen molar-refractivity contribution in [3.63, 3.8) is 0 Å². The van der Waals surface area contributed by atoms with Crippen molar-refractivity contribution in [3.05, 3.63) is 71.8 Å². The molecule has 1 amide bonds. The Labute approximate surface area is 150 Å². The highest BCUT2D eigenvalue weighted by atomic mass is 16.5. The molecule has 0 spiro atoms. The number of para-hydroxylation sites is 2. The molecule has 3 aromatic rings. The van der Waals surface area contributed by atoms with Crippen molar-refractivity contribution in [1.29, 1.82) is 0 Å². The van der Waals surface area contributed by atoms with Gasteiger partial charge in [-0.05, 0) is 17.7 Å². The molecule has 0 radical (unpaired) electrons. The maximum atomic E-state index is 13.0. The average Bonchev–Trinajstić information content (AvgIpc) is 3.04. The molecule has 0 N–H and O–H groups in total. The van der Waals surface area contributed by atoms with E-state index in [1.165, 1.54) is 13.2 Å². The maximum absolute atomic E-state index is 13.0. The molecule has 1 aromatic heterocycles. The zero-order chi connectivity index (χ0) is 18.1.